The van der Waals surface area contributed by atoms with E-state index in [0.717, 1.165) is 44.6 Å². The number of phosphoric ester groups is 1. The lowest BCUT2D eigenvalue weighted by Gasteiger charge is -2.23. The van der Waals surface area contributed by atoms with Crippen LogP contribution in [-0.4, -0.2) is 71.6 Å². The third-order valence-electron chi connectivity index (χ3n) is 11.6. The molecule has 0 bridgehead atoms. The standard InChI is InChI=1S/C49H87N4O13P/c1-3-5-7-9-11-13-15-17-19-21-23-25-29-33-48(55)63-41-44(66-49(56)34-30-26-24-22-20-18-16-14-12-10-8-6-4-2)42-65-67(61,62)64-39-38-51-47(54)32-28-27-31-37-50-45-36-35-43(52(57)58)40-46(45)53(59)60/h35-36,40,44,50H,3-34,37-39,41-42H2,1-2H3,(H,51,54)(H,61,62). The number of amides is 1. The molecule has 0 heterocycles. The monoisotopic (exact) mass is 971 g/mol. The van der Waals surface area contributed by atoms with Gasteiger partial charge in [-0.05, 0) is 31.7 Å². The first-order chi connectivity index (χ1) is 32.4. The number of nitro benzene ring substituents is 2. The van der Waals surface area contributed by atoms with E-state index in [1.807, 2.05) is 0 Å². The summed E-state index contributed by atoms with van der Waals surface area (Å²) in [6.07, 6.45) is 31.8. The van der Waals surface area contributed by atoms with E-state index in [1.165, 1.54) is 128 Å². The van der Waals surface area contributed by atoms with Crippen molar-refractivity contribution >= 4 is 43.1 Å². The number of nitrogens with zero attached hydrogens (tertiary/aromatic N) is 2. The van der Waals surface area contributed by atoms with Crippen molar-refractivity contribution in [1.82, 2.24) is 5.32 Å². The largest absolute Gasteiger partial charge is 0.606 e. The minimum Gasteiger partial charge on any atom is -0.606 e. The Morgan fingerprint density at radius 3 is 1.55 bits per heavy atom. The summed E-state index contributed by atoms with van der Waals surface area (Å²) in [5, 5.41) is 27.8. The maximum absolute atomic E-state index is 12.8. The van der Waals surface area contributed by atoms with Gasteiger partial charge in [-0.25, -0.2) is 0 Å². The Kier molecular flexibility index (Phi) is 38.1. The van der Waals surface area contributed by atoms with Crippen LogP contribution in [-0.2, 0) is 32.9 Å². The lowest BCUT2D eigenvalue weighted by Crippen LogP contribution is -2.32. The number of non-ortho nitro benzene ring substituents is 1. The number of hydrogen-bond donors (Lipinski definition) is 3. The van der Waals surface area contributed by atoms with Crippen LogP contribution in [0.15, 0.2) is 18.2 Å². The Labute approximate surface area is 401 Å². The average molecular weight is 971 g/mol. The molecule has 3 N–H and O–H groups in total. The first kappa shape index (κ1) is 61.5. The number of rotatable bonds is 47. The van der Waals surface area contributed by atoms with Gasteiger partial charge < -0.3 is 25.0 Å². The zero-order chi connectivity index (χ0) is 49.2. The third kappa shape index (κ3) is 36.2. The highest BCUT2D eigenvalue weighted by Crippen LogP contribution is 2.47. The van der Waals surface area contributed by atoms with Gasteiger partial charge in [0, 0.05) is 38.4 Å². The molecule has 386 valence electrons. The van der Waals surface area contributed by atoms with Crippen LogP contribution in [0.1, 0.15) is 219 Å². The molecule has 0 radical (unpaired) electrons. The molecule has 0 spiro atoms. The smallest absolute Gasteiger partial charge is 0.377 e. The van der Waals surface area contributed by atoms with Gasteiger partial charge in [-0.3, -0.25) is 34.6 Å². The number of anilines is 1. The topological polar surface area (TPSA) is 242 Å². The minimum absolute atomic E-state index is 0.0769. The van der Waals surface area contributed by atoms with Crippen molar-refractivity contribution in [2.24, 2.45) is 0 Å². The molecule has 1 aromatic carbocycles. The third-order valence-corrected chi connectivity index (χ3v) is 12.6. The second kappa shape index (κ2) is 41.5. The lowest BCUT2D eigenvalue weighted by molar-refractivity contribution is -0.393. The summed E-state index contributed by atoms with van der Waals surface area (Å²) in [6.45, 7) is 3.53. The van der Waals surface area contributed by atoms with E-state index in [1.54, 1.807) is 0 Å². The number of nitrogens with one attached hydrogen (secondary N) is 2. The van der Waals surface area contributed by atoms with E-state index < -0.39 is 48.4 Å². The van der Waals surface area contributed by atoms with E-state index in [9.17, 15) is 44.4 Å². The van der Waals surface area contributed by atoms with Gasteiger partial charge in [0.2, 0.25) is 5.91 Å². The van der Waals surface area contributed by atoms with Crippen LogP contribution in [0.3, 0.4) is 0 Å². The molecule has 2 unspecified atom stereocenters. The Morgan fingerprint density at radius 2 is 1.06 bits per heavy atom. The van der Waals surface area contributed by atoms with Gasteiger partial charge >= 0.3 is 20.1 Å². The summed E-state index contributed by atoms with van der Waals surface area (Å²) < 4.78 is 21.1. The normalized spacial score (nSPS) is 12.6. The molecule has 0 fully saturated rings. The van der Waals surface area contributed by atoms with Crippen LogP contribution in [0.25, 0.3) is 0 Å². The molecule has 0 saturated carbocycles. The number of phosphoric acid groups is 1. The molecular weight excluding hydrogens is 884 g/mol. The highest BCUT2D eigenvalue weighted by atomic mass is 31.2. The molecular formula is C49H87N4O13P. The second-order valence-corrected chi connectivity index (χ2v) is 19.1. The van der Waals surface area contributed by atoms with E-state index >= 15 is 0 Å². The number of benzene rings is 1. The fraction of sp³-hybridized carbons (Fsp3) is 0.816. The summed E-state index contributed by atoms with van der Waals surface area (Å²) in [5.41, 5.74) is -0.619. The van der Waals surface area contributed by atoms with Crippen molar-refractivity contribution in [3.63, 3.8) is 0 Å². The van der Waals surface area contributed by atoms with Crippen molar-refractivity contribution in [3.8, 4) is 0 Å². The summed E-state index contributed by atoms with van der Waals surface area (Å²) >= 11 is 0. The molecule has 17 nitrogen and oxygen atoms in total. The van der Waals surface area contributed by atoms with Gasteiger partial charge in [0.05, 0.1) is 15.9 Å². The zero-order valence-electron chi connectivity index (χ0n) is 41.2. The fourth-order valence-electron chi connectivity index (χ4n) is 7.59. The van der Waals surface area contributed by atoms with Crippen molar-refractivity contribution in [1.29, 1.82) is 0 Å². The van der Waals surface area contributed by atoms with Gasteiger partial charge in [-0.1, -0.05) is 174 Å². The van der Waals surface area contributed by atoms with Crippen molar-refractivity contribution in [3.05, 3.63) is 38.4 Å². The molecule has 0 saturated heterocycles. The van der Waals surface area contributed by atoms with Crippen molar-refractivity contribution < 1.29 is 52.5 Å². The Bertz CT molecular complexity index is 1470. The van der Waals surface area contributed by atoms with Gasteiger partial charge in [0.25, 0.3) is 11.4 Å². The van der Waals surface area contributed by atoms with Crippen LogP contribution in [0.2, 0.25) is 0 Å². The first-order valence-electron chi connectivity index (χ1n) is 25.8. The van der Waals surface area contributed by atoms with Gasteiger partial charge in [-0.2, -0.15) is 13.9 Å². The highest BCUT2D eigenvalue weighted by molar-refractivity contribution is 7.52. The fourth-order valence-corrected chi connectivity index (χ4v) is 8.34. The van der Waals surface area contributed by atoms with Crippen LogP contribution in [0.4, 0.5) is 17.1 Å². The van der Waals surface area contributed by atoms with Crippen LogP contribution >= 0.6 is 8.17 Å². The Morgan fingerprint density at radius 1 is 0.597 bits per heavy atom. The molecule has 1 amide bonds. The van der Waals surface area contributed by atoms with Crippen molar-refractivity contribution in [2.45, 2.75) is 225 Å². The molecule has 0 aliphatic rings. The van der Waals surface area contributed by atoms with Crippen LogP contribution in [0.5, 0.6) is 0 Å². The Balaban J connectivity index is 2.42. The number of ether oxygens (including phenoxy) is 2. The number of unbranched alkanes of at least 4 members (excludes halogenated alkanes) is 26. The Hall–Kier alpha value is -3.50. The number of hydrogen-bond acceptors (Lipinski definition) is 14. The molecule has 2 atom stereocenters. The van der Waals surface area contributed by atoms with Crippen molar-refractivity contribution in [2.75, 3.05) is 38.2 Å². The van der Waals surface area contributed by atoms with E-state index in [-0.39, 0.29) is 56.3 Å². The maximum Gasteiger partial charge on any atom is 0.377 e. The predicted octanol–water partition coefficient (Wildman–Crippen LogP) is 12.1. The molecule has 18 heteroatoms. The lowest BCUT2D eigenvalue weighted by atomic mass is 10.0. The summed E-state index contributed by atoms with van der Waals surface area (Å²) in [6, 6.07) is 3.37. The highest BCUT2D eigenvalue weighted by Gasteiger charge is 2.31. The summed E-state index contributed by atoms with van der Waals surface area (Å²) in [5.74, 6) is -1.26. The molecule has 1 rings (SSSR count). The quantitative estimate of drug-likeness (QED) is 0.0181. The molecule has 0 aromatic heterocycles. The maximum atomic E-state index is 12.8. The zero-order valence-corrected chi connectivity index (χ0v) is 42.1. The molecule has 67 heavy (non-hydrogen) atoms. The summed E-state index contributed by atoms with van der Waals surface area (Å²) in [4.78, 5) is 81.6. The molecule has 1 aromatic rings. The van der Waals surface area contributed by atoms with Gasteiger partial charge in [0.1, 0.15) is 25.5 Å². The number of carbonyl (C=O) groups is 3. The van der Waals surface area contributed by atoms with E-state index in [4.69, 9.17) is 18.5 Å². The molecule has 0 aliphatic heterocycles. The van der Waals surface area contributed by atoms with E-state index in [0.29, 0.717) is 38.6 Å². The number of carbonyl (C=O) groups excluding carboxylic acids is 3. The van der Waals surface area contributed by atoms with Crippen LogP contribution < -0.4 is 15.5 Å². The predicted molar refractivity (Wildman–Crippen MR) is 262 cm³/mol. The first-order valence-corrected chi connectivity index (χ1v) is 27.3. The average Bonchev–Trinajstić information content (AvgIpc) is 3.30. The van der Waals surface area contributed by atoms with Gasteiger partial charge in [-0.15, -0.1) is 0 Å². The van der Waals surface area contributed by atoms with Gasteiger partial charge in [0.15, 0.2) is 6.10 Å². The van der Waals surface area contributed by atoms with Crippen LogP contribution in [0, 0.1) is 20.2 Å². The summed E-state index contributed by atoms with van der Waals surface area (Å²) in [7, 11) is -4.63. The second-order valence-electron chi connectivity index (χ2n) is 17.7. The number of nitro groups is 2. The minimum atomic E-state index is -4.63. The van der Waals surface area contributed by atoms with E-state index in [2.05, 4.69) is 24.5 Å². The SMILES string of the molecule is CCCCCCCCCCCCCCCC(=O)OCC(CO[P+]([O-])(O)OCCNC(=O)CCCCCNc1ccc([N+](=O)[O-])cc1[N+](=O)[O-])OC(=O)CCCCCCCCCCCCCCC. The molecule has 0 aliphatic carbocycles. The number of esters is 2.